The molecular formula is C121H74N12. The second-order valence-electron chi connectivity index (χ2n) is 33.9. The first kappa shape index (κ1) is 76.1. The van der Waals surface area contributed by atoms with Crippen LogP contribution in [0.5, 0.6) is 0 Å². The van der Waals surface area contributed by atoms with Crippen molar-refractivity contribution in [3.8, 4) is 153 Å². The van der Waals surface area contributed by atoms with Crippen LogP contribution in [-0.2, 0) is 0 Å². The SMILES string of the molecule is c1ccc(-c2cccc(-c3nc(-c4ccc(-c5ccc6ccc7c(c6c5)c5ccccc5n7-c5ccc(-c6nc(-c7ccccc7)nc(-c7cccc8ccccc78)n6)cc5)cc4)nc(-c4ccc(-n5c6ccccc6c6c7ccc(-c8ccccc8-c8nc(-c9ccccc9)nc(-c9ccc(-n%10c%11ccccc%11c%11c%12ccccc%12ccc%11%10)cc9)n8)cc7ccc65)cc4)n3)c2)cc1. The number of fused-ring (bicyclic) bond motifs is 16. The number of benzene rings is 20. The lowest BCUT2D eigenvalue weighted by Crippen LogP contribution is -2.01. The van der Waals surface area contributed by atoms with Gasteiger partial charge in [0, 0.05) is 99.5 Å². The fourth-order valence-corrected chi connectivity index (χ4v) is 19.9. The van der Waals surface area contributed by atoms with Gasteiger partial charge in [0.05, 0.1) is 33.1 Å². The van der Waals surface area contributed by atoms with Crippen molar-refractivity contribution >= 4 is 109 Å². The Labute approximate surface area is 763 Å². The Morgan fingerprint density at radius 3 is 0.917 bits per heavy atom. The van der Waals surface area contributed by atoms with Crippen molar-refractivity contribution in [1.82, 2.24) is 58.6 Å². The highest BCUT2D eigenvalue weighted by molar-refractivity contribution is 6.24. The van der Waals surface area contributed by atoms with Gasteiger partial charge in [0.15, 0.2) is 52.4 Å². The Morgan fingerprint density at radius 1 is 0.128 bits per heavy atom. The molecule has 0 saturated heterocycles. The first-order chi connectivity index (χ1) is 65.9. The summed E-state index contributed by atoms with van der Waals surface area (Å²) in [7, 11) is 0. The molecule has 0 spiro atoms. The van der Waals surface area contributed by atoms with E-state index in [2.05, 4.69) is 408 Å². The zero-order valence-corrected chi connectivity index (χ0v) is 71.6. The second-order valence-corrected chi connectivity index (χ2v) is 33.9. The van der Waals surface area contributed by atoms with E-state index in [1.54, 1.807) is 0 Å². The van der Waals surface area contributed by atoms with Gasteiger partial charge < -0.3 is 13.7 Å². The van der Waals surface area contributed by atoms with E-state index in [0.717, 1.165) is 171 Å². The van der Waals surface area contributed by atoms with Crippen LogP contribution in [0, 0.1) is 0 Å². The standard InChI is InChI=1S/C121H74N12/c1-4-24-75(25-5-1)86-33-22-34-90(72-86)119-125-115(82-49-46-76(47-50-82)87-51-48-79-60-70-109-112(103(79)74-87)102-41-18-21-45-106(102)133(109)93-66-56-85(57-67-93)118-123-114(81-30-8-3-9-31-81)128-121(130-118)99-42-23-32-77-26-10-12-35-94(77)99)124-116(126-119)83-52-62-92(63-53-83)132-105-44-20-17-40-101(105)111-97-68-58-88(73-89(97)61-71-108(111)132)95-36-14-15-38-98(95)120-127-113(80-28-6-2-7-29-80)122-117(129-120)84-54-64-91(65-55-84)131-104-43-19-16-39-100(104)110-96-37-13-11-27-78(96)59-69-107(110)131/h1-74H. The van der Waals surface area contributed by atoms with Crippen LogP contribution in [0.3, 0.4) is 0 Å². The normalized spacial score (nSPS) is 11.8. The lowest BCUT2D eigenvalue weighted by molar-refractivity contribution is 1.07. The molecule has 6 heterocycles. The van der Waals surface area contributed by atoms with Crippen LogP contribution in [0.15, 0.2) is 449 Å². The van der Waals surface area contributed by atoms with Crippen LogP contribution in [0.1, 0.15) is 0 Å². The molecule has 6 aromatic heterocycles. The zero-order chi connectivity index (χ0) is 87.6. The highest BCUT2D eigenvalue weighted by Crippen LogP contribution is 2.45. The van der Waals surface area contributed by atoms with Gasteiger partial charge in [0.2, 0.25) is 0 Å². The smallest absolute Gasteiger partial charge is 0.164 e. The van der Waals surface area contributed by atoms with Crippen LogP contribution in [0.2, 0.25) is 0 Å². The lowest BCUT2D eigenvalue weighted by atomic mass is 9.95. The molecule has 0 radical (unpaired) electrons. The molecule has 0 fully saturated rings. The van der Waals surface area contributed by atoms with Gasteiger partial charge in [-0.05, 0) is 204 Å². The van der Waals surface area contributed by atoms with Gasteiger partial charge in [-0.1, -0.05) is 322 Å². The summed E-state index contributed by atoms with van der Waals surface area (Å²) >= 11 is 0. The molecule has 0 bridgehead atoms. The maximum atomic E-state index is 5.36. The minimum atomic E-state index is 0.565. The van der Waals surface area contributed by atoms with Crippen LogP contribution in [0.25, 0.3) is 261 Å². The van der Waals surface area contributed by atoms with Gasteiger partial charge in [-0.25, -0.2) is 44.9 Å². The van der Waals surface area contributed by atoms with E-state index < -0.39 is 0 Å². The summed E-state index contributed by atoms with van der Waals surface area (Å²) < 4.78 is 7.11. The molecule has 133 heavy (non-hydrogen) atoms. The molecule has 0 aliphatic carbocycles. The molecule has 26 rings (SSSR count). The van der Waals surface area contributed by atoms with Crippen molar-refractivity contribution < 1.29 is 0 Å². The summed E-state index contributed by atoms with van der Waals surface area (Å²) in [5, 5.41) is 16.4. The largest absolute Gasteiger partial charge is 0.309 e. The Bertz CT molecular complexity index is 9160. The maximum absolute atomic E-state index is 5.36. The Morgan fingerprint density at radius 2 is 0.414 bits per heavy atom. The average molecular weight is 1700 g/mol. The fourth-order valence-electron chi connectivity index (χ4n) is 19.9. The number of rotatable bonds is 15. The average Bonchev–Trinajstić information content (AvgIpc) is 1.58. The summed E-state index contributed by atoms with van der Waals surface area (Å²) in [5.41, 5.74) is 24.3. The highest BCUT2D eigenvalue weighted by Gasteiger charge is 2.25. The van der Waals surface area contributed by atoms with E-state index in [0.29, 0.717) is 52.4 Å². The van der Waals surface area contributed by atoms with Crippen molar-refractivity contribution in [2.45, 2.75) is 0 Å². The van der Waals surface area contributed by atoms with Gasteiger partial charge in [-0.2, -0.15) is 0 Å². The molecule has 618 valence electrons. The molecular weight excluding hydrogens is 1620 g/mol. The summed E-state index contributed by atoms with van der Waals surface area (Å²) in [6, 6.07) is 159. The molecule has 0 unspecified atom stereocenters. The Kier molecular flexibility index (Phi) is 18.0. The summed E-state index contributed by atoms with van der Waals surface area (Å²) in [4.78, 5) is 47.3. The van der Waals surface area contributed by atoms with E-state index in [1.165, 1.54) is 37.7 Å². The molecule has 0 N–H and O–H groups in total. The third kappa shape index (κ3) is 13.2. The van der Waals surface area contributed by atoms with Gasteiger partial charge in [-0.3, -0.25) is 0 Å². The molecule has 0 aliphatic heterocycles. The highest BCUT2D eigenvalue weighted by atomic mass is 15.1. The minimum absolute atomic E-state index is 0.565. The Hall–Kier alpha value is -18.1. The topological polar surface area (TPSA) is 131 Å². The molecule has 26 aromatic rings. The van der Waals surface area contributed by atoms with E-state index in [4.69, 9.17) is 44.9 Å². The van der Waals surface area contributed by atoms with E-state index in [-0.39, 0.29) is 0 Å². The number of nitrogens with zero attached hydrogens (tertiary/aromatic N) is 12. The molecule has 0 saturated carbocycles. The van der Waals surface area contributed by atoms with Gasteiger partial charge in [0.1, 0.15) is 0 Å². The lowest BCUT2D eigenvalue weighted by Gasteiger charge is -2.13. The molecule has 12 nitrogen and oxygen atoms in total. The van der Waals surface area contributed by atoms with Crippen molar-refractivity contribution in [2.75, 3.05) is 0 Å². The van der Waals surface area contributed by atoms with Crippen LogP contribution < -0.4 is 0 Å². The van der Waals surface area contributed by atoms with Crippen molar-refractivity contribution in [3.05, 3.63) is 449 Å². The summed E-state index contributed by atoms with van der Waals surface area (Å²) in [6.07, 6.45) is 0. The van der Waals surface area contributed by atoms with Gasteiger partial charge in [0.25, 0.3) is 0 Å². The van der Waals surface area contributed by atoms with Crippen molar-refractivity contribution in [3.63, 3.8) is 0 Å². The molecule has 0 amide bonds. The van der Waals surface area contributed by atoms with E-state index in [1.807, 2.05) is 54.6 Å². The molecule has 20 aromatic carbocycles. The summed E-state index contributed by atoms with van der Waals surface area (Å²) in [5.74, 6) is 5.34. The molecule has 0 atom stereocenters. The third-order valence-corrected chi connectivity index (χ3v) is 26.2. The molecule has 0 aliphatic rings. The van der Waals surface area contributed by atoms with Crippen LogP contribution >= 0.6 is 0 Å². The quantitative estimate of drug-likeness (QED) is 0.0984. The van der Waals surface area contributed by atoms with Crippen LogP contribution in [0.4, 0.5) is 0 Å². The predicted molar refractivity (Wildman–Crippen MR) is 545 cm³/mol. The number of aromatic nitrogens is 12. The number of hydrogen-bond donors (Lipinski definition) is 0. The predicted octanol–water partition coefficient (Wildman–Crippen LogP) is 30.1. The monoisotopic (exact) mass is 1690 g/mol. The third-order valence-electron chi connectivity index (χ3n) is 26.2. The molecule has 12 heteroatoms. The van der Waals surface area contributed by atoms with Crippen LogP contribution in [-0.4, -0.2) is 58.6 Å². The minimum Gasteiger partial charge on any atom is -0.309 e. The number of para-hydroxylation sites is 3. The first-order valence-corrected chi connectivity index (χ1v) is 44.8. The van der Waals surface area contributed by atoms with E-state index >= 15 is 0 Å². The first-order valence-electron chi connectivity index (χ1n) is 44.8. The maximum Gasteiger partial charge on any atom is 0.164 e. The fraction of sp³-hybridized carbons (Fsp3) is 0. The number of hydrogen-bond acceptors (Lipinski definition) is 9. The van der Waals surface area contributed by atoms with Gasteiger partial charge in [-0.15, -0.1) is 0 Å². The Balaban J connectivity index is 0.520. The van der Waals surface area contributed by atoms with E-state index in [9.17, 15) is 0 Å². The van der Waals surface area contributed by atoms with Crippen molar-refractivity contribution in [2.24, 2.45) is 0 Å². The summed E-state index contributed by atoms with van der Waals surface area (Å²) in [6.45, 7) is 0. The zero-order valence-electron chi connectivity index (χ0n) is 71.6. The van der Waals surface area contributed by atoms with Gasteiger partial charge >= 0.3 is 0 Å². The van der Waals surface area contributed by atoms with Crippen molar-refractivity contribution in [1.29, 1.82) is 0 Å². The second kappa shape index (κ2) is 31.4.